The third-order valence-electron chi connectivity index (χ3n) is 18.1. The van der Waals surface area contributed by atoms with Gasteiger partial charge in [0.05, 0.1) is 17.0 Å². The lowest BCUT2D eigenvalue weighted by atomic mass is 9.31. The van der Waals surface area contributed by atoms with Crippen molar-refractivity contribution in [3.8, 4) is 0 Å². The minimum Gasteiger partial charge on any atom is -0.333 e. The van der Waals surface area contributed by atoms with Gasteiger partial charge in [-0.25, -0.2) is 0 Å². The highest BCUT2D eigenvalue weighted by atomic mass is 15.2. The Hall–Kier alpha value is -8.08. The lowest BCUT2D eigenvalue weighted by Crippen LogP contribution is -2.57. The molecule has 81 heavy (non-hydrogen) atoms. The van der Waals surface area contributed by atoms with Crippen molar-refractivity contribution >= 4 is 62.2 Å². The summed E-state index contributed by atoms with van der Waals surface area (Å²) >= 11 is 0. The summed E-state index contributed by atoms with van der Waals surface area (Å²) < 4.78 is 2.76. The standard InChI is InChI=1S/C77H76BN3/c1-73(2,3)51-35-41-58(42-36-51)79-67-45-39-56(75(7,8)9)47-64(67)78-65-48-57(76(10,11)12)40-46-68(65)80(59-43-37-52(38-44-59)74(4,5)6)70-50-60(49-69(79)71(70)78)81-66-34-23-22-31-61(66)62-32-24-33-63(72(62)81)77(53-25-16-13-17-26-53,54-27-18-14-19-28-54)55-29-20-15-21-30-55/h13-49,60H,50H2,1-12H3. The molecular formula is C77H76BN3. The van der Waals surface area contributed by atoms with Crippen LogP contribution < -0.4 is 20.7 Å². The molecule has 402 valence electrons. The highest BCUT2D eigenvalue weighted by Gasteiger charge is 2.49. The molecule has 3 heterocycles. The number of benzene rings is 9. The van der Waals surface area contributed by atoms with Crippen LogP contribution >= 0.6 is 0 Å². The van der Waals surface area contributed by atoms with E-state index in [2.05, 4.69) is 322 Å². The van der Waals surface area contributed by atoms with Crippen molar-refractivity contribution in [2.45, 2.75) is 123 Å². The Morgan fingerprint density at radius 1 is 0.383 bits per heavy atom. The molecule has 1 unspecified atom stereocenters. The van der Waals surface area contributed by atoms with Crippen LogP contribution in [0.4, 0.5) is 22.7 Å². The molecular weight excluding hydrogens is 978 g/mol. The molecule has 4 heteroatoms. The molecule has 0 fully saturated rings. The van der Waals surface area contributed by atoms with Crippen molar-refractivity contribution in [1.82, 2.24) is 4.57 Å². The van der Waals surface area contributed by atoms with Gasteiger partial charge in [0.15, 0.2) is 0 Å². The fourth-order valence-corrected chi connectivity index (χ4v) is 13.9. The van der Waals surface area contributed by atoms with Crippen LogP contribution in [-0.4, -0.2) is 11.3 Å². The van der Waals surface area contributed by atoms with Crippen molar-refractivity contribution in [1.29, 1.82) is 0 Å². The average Bonchev–Trinajstić information content (AvgIpc) is 4.03. The molecule has 1 aliphatic carbocycles. The van der Waals surface area contributed by atoms with E-state index < -0.39 is 5.41 Å². The summed E-state index contributed by atoms with van der Waals surface area (Å²) in [4.78, 5) is 5.32. The van der Waals surface area contributed by atoms with Crippen molar-refractivity contribution in [3.63, 3.8) is 0 Å². The predicted octanol–water partition coefficient (Wildman–Crippen LogP) is 18.6. The number of nitrogens with zero attached hydrogens (tertiary/aromatic N) is 3. The fourth-order valence-electron chi connectivity index (χ4n) is 13.9. The van der Waals surface area contributed by atoms with Gasteiger partial charge < -0.3 is 14.4 Å². The normalized spacial score (nSPS) is 15.7. The van der Waals surface area contributed by atoms with Crippen LogP contribution in [0.1, 0.15) is 140 Å². The molecule has 0 amide bonds. The highest BCUT2D eigenvalue weighted by molar-refractivity contribution is 6.94. The fraction of sp³-hybridized carbons (Fsp3) is 0.247. The Balaban J connectivity index is 1.17. The lowest BCUT2D eigenvalue weighted by Gasteiger charge is -2.49. The van der Waals surface area contributed by atoms with E-state index in [0.29, 0.717) is 0 Å². The molecule has 0 spiro atoms. The second-order valence-electron chi connectivity index (χ2n) is 27.4. The Morgan fingerprint density at radius 2 is 0.802 bits per heavy atom. The molecule has 2 aliphatic heterocycles. The van der Waals surface area contributed by atoms with Crippen LogP contribution in [0.25, 0.3) is 21.8 Å². The zero-order valence-electron chi connectivity index (χ0n) is 49.6. The Morgan fingerprint density at radius 3 is 1.28 bits per heavy atom. The summed E-state index contributed by atoms with van der Waals surface area (Å²) in [6.07, 6.45) is 3.44. The molecule has 0 saturated heterocycles. The number of para-hydroxylation sites is 2. The second kappa shape index (κ2) is 19.0. The first kappa shape index (κ1) is 52.3. The van der Waals surface area contributed by atoms with Crippen molar-refractivity contribution in [2.75, 3.05) is 9.80 Å². The number of hydrogen-bond donors (Lipinski definition) is 0. The van der Waals surface area contributed by atoms with E-state index in [-0.39, 0.29) is 34.4 Å². The highest BCUT2D eigenvalue weighted by Crippen LogP contribution is 2.54. The van der Waals surface area contributed by atoms with Gasteiger partial charge in [0.25, 0.3) is 6.71 Å². The van der Waals surface area contributed by atoms with Gasteiger partial charge >= 0.3 is 0 Å². The van der Waals surface area contributed by atoms with Crippen molar-refractivity contribution in [3.05, 3.63) is 286 Å². The Labute approximate surface area is 482 Å². The van der Waals surface area contributed by atoms with Crippen LogP contribution in [-0.2, 0) is 27.1 Å². The zero-order valence-corrected chi connectivity index (χ0v) is 49.6. The predicted molar refractivity (Wildman–Crippen MR) is 346 cm³/mol. The van der Waals surface area contributed by atoms with E-state index in [0.717, 1.165) is 6.42 Å². The van der Waals surface area contributed by atoms with E-state index in [1.807, 2.05) is 0 Å². The van der Waals surface area contributed by atoms with E-state index in [9.17, 15) is 0 Å². The molecule has 0 radical (unpaired) electrons. The van der Waals surface area contributed by atoms with Crippen LogP contribution in [0.15, 0.2) is 241 Å². The van der Waals surface area contributed by atoms with Gasteiger partial charge in [-0.15, -0.1) is 0 Å². The SMILES string of the molecule is CC(C)(C)c1ccc(N2C3=CC(n4c5ccccc5c5cccc(C(c6ccccc6)(c6ccccc6)c6ccccc6)c54)CC4=C3B(c3cc(C(C)(C)C)ccc32)c2cc(C(C)(C)C)ccc2N4c2ccc(C(C)(C)C)cc2)cc1. The maximum Gasteiger partial charge on any atom is 0.251 e. The molecule has 9 aromatic carbocycles. The van der Waals surface area contributed by atoms with Crippen LogP contribution in [0.3, 0.4) is 0 Å². The average molecular weight is 1050 g/mol. The van der Waals surface area contributed by atoms with Crippen molar-refractivity contribution < 1.29 is 0 Å². The first-order valence-electron chi connectivity index (χ1n) is 29.5. The number of anilines is 4. The number of hydrogen-bond acceptors (Lipinski definition) is 2. The molecule has 0 N–H and O–H groups in total. The molecule has 1 atom stereocenters. The Kier molecular flexibility index (Phi) is 12.3. The number of allylic oxidation sites excluding steroid dienone is 3. The van der Waals surface area contributed by atoms with E-state index >= 15 is 0 Å². The monoisotopic (exact) mass is 1050 g/mol. The van der Waals surface area contributed by atoms with E-state index in [1.165, 1.54) is 117 Å². The lowest BCUT2D eigenvalue weighted by molar-refractivity contribution is 0.590. The van der Waals surface area contributed by atoms with E-state index in [1.54, 1.807) is 0 Å². The summed E-state index contributed by atoms with van der Waals surface area (Å²) in [5.41, 5.74) is 23.5. The van der Waals surface area contributed by atoms with Crippen molar-refractivity contribution in [2.24, 2.45) is 0 Å². The second-order valence-corrected chi connectivity index (χ2v) is 27.4. The molecule has 1 aromatic heterocycles. The van der Waals surface area contributed by atoms with Gasteiger partial charge in [-0.05, 0) is 131 Å². The van der Waals surface area contributed by atoms with E-state index in [4.69, 9.17) is 0 Å². The summed E-state index contributed by atoms with van der Waals surface area (Å²) in [7, 11) is 0. The molecule has 3 aliphatic rings. The smallest absolute Gasteiger partial charge is 0.251 e. The maximum atomic E-state index is 2.76. The van der Waals surface area contributed by atoms with Gasteiger partial charge in [-0.1, -0.05) is 259 Å². The zero-order chi connectivity index (χ0) is 56.4. The van der Waals surface area contributed by atoms with Gasteiger partial charge in [0.2, 0.25) is 0 Å². The molecule has 0 saturated carbocycles. The largest absolute Gasteiger partial charge is 0.333 e. The summed E-state index contributed by atoms with van der Waals surface area (Å²) in [6.45, 7) is 28.1. The number of rotatable bonds is 7. The minimum absolute atomic E-state index is 0.000461. The third-order valence-corrected chi connectivity index (χ3v) is 18.1. The van der Waals surface area contributed by atoms with Gasteiger partial charge in [-0.3, -0.25) is 0 Å². The van der Waals surface area contributed by atoms with Crippen LogP contribution in [0.5, 0.6) is 0 Å². The maximum absolute atomic E-state index is 2.76. The summed E-state index contributed by atoms with van der Waals surface area (Å²) in [5.74, 6) is 0. The Bertz CT molecular complexity index is 4000. The first-order chi connectivity index (χ1) is 38.7. The van der Waals surface area contributed by atoms with Crippen LogP contribution in [0.2, 0.25) is 0 Å². The number of aromatic nitrogens is 1. The topological polar surface area (TPSA) is 11.4 Å². The summed E-state index contributed by atoms with van der Waals surface area (Å²) in [6, 6.07) is 83.8. The minimum atomic E-state index is -0.683. The molecule has 10 aromatic rings. The van der Waals surface area contributed by atoms with Gasteiger partial charge in [0.1, 0.15) is 0 Å². The first-order valence-corrected chi connectivity index (χ1v) is 29.5. The molecule has 3 nitrogen and oxygen atoms in total. The van der Waals surface area contributed by atoms with Gasteiger partial charge in [0, 0.05) is 56.9 Å². The third kappa shape index (κ3) is 8.54. The van der Waals surface area contributed by atoms with Gasteiger partial charge in [-0.2, -0.15) is 0 Å². The quantitative estimate of drug-likeness (QED) is 0.116. The molecule has 13 rings (SSSR count). The molecule has 0 bridgehead atoms. The number of fused-ring (bicyclic) bond motifs is 7. The summed E-state index contributed by atoms with van der Waals surface area (Å²) in [5, 5.41) is 2.51. The van der Waals surface area contributed by atoms with Crippen LogP contribution in [0, 0.1) is 0 Å².